The molecule has 2 N–H and O–H groups in total. The number of hydrogen-bond acceptors (Lipinski definition) is 5. The third-order valence-corrected chi connectivity index (χ3v) is 5.24. The van der Waals surface area contributed by atoms with Gasteiger partial charge in [0.1, 0.15) is 6.04 Å². The molecule has 154 valence electrons. The second kappa shape index (κ2) is 8.92. The van der Waals surface area contributed by atoms with Crippen molar-refractivity contribution in [1.82, 2.24) is 9.88 Å². The molecule has 7 nitrogen and oxygen atoms in total. The topological polar surface area (TPSA) is 87.5 Å². The first-order valence-corrected chi connectivity index (χ1v) is 10.0. The van der Waals surface area contributed by atoms with Crippen LogP contribution in [0.5, 0.6) is 0 Å². The molecule has 30 heavy (non-hydrogen) atoms. The number of likely N-dealkylation sites (tertiary alicyclic amines) is 1. The van der Waals surface area contributed by atoms with E-state index in [4.69, 9.17) is 4.42 Å². The van der Waals surface area contributed by atoms with Crippen LogP contribution in [-0.2, 0) is 4.79 Å². The molecular weight excluding hydrogens is 380 g/mol. The first-order chi connectivity index (χ1) is 14.6. The molecule has 1 saturated heterocycles. The van der Waals surface area contributed by atoms with Crippen molar-refractivity contribution in [1.29, 1.82) is 0 Å². The van der Waals surface area contributed by atoms with Crippen molar-refractivity contribution in [2.75, 3.05) is 23.7 Å². The van der Waals surface area contributed by atoms with Gasteiger partial charge >= 0.3 is 0 Å². The molecule has 0 aliphatic carbocycles. The van der Waals surface area contributed by atoms with Gasteiger partial charge in [0, 0.05) is 23.8 Å². The second-order valence-corrected chi connectivity index (χ2v) is 7.38. The maximum Gasteiger partial charge on any atom is 0.291 e. The predicted molar refractivity (Wildman–Crippen MR) is 114 cm³/mol. The quantitative estimate of drug-likeness (QED) is 0.648. The number of furan rings is 1. The van der Waals surface area contributed by atoms with Crippen molar-refractivity contribution in [2.45, 2.75) is 25.8 Å². The van der Waals surface area contributed by atoms with Crippen molar-refractivity contribution in [3.8, 4) is 0 Å². The van der Waals surface area contributed by atoms with Gasteiger partial charge in [-0.15, -0.1) is 0 Å². The van der Waals surface area contributed by atoms with Gasteiger partial charge in [0.05, 0.1) is 6.26 Å². The Morgan fingerprint density at radius 2 is 1.93 bits per heavy atom. The van der Waals surface area contributed by atoms with Gasteiger partial charge in [-0.05, 0) is 80.4 Å². The normalized spacial score (nSPS) is 15.0. The van der Waals surface area contributed by atoms with Crippen LogP contribution < -0.4 is 10.6 Å². The van der Waals surface area contributed by atoms with Crippen LogP contribution in [-0.4, -0.2) is 34.8 Å². The summed E-state index contributed by atoms with van der Waals surface area (Å²) in [4.78, 5) is 31.7. The Morgan fingerprint density at radius 1 is 1.10 bits per heavy atom. The fourth-order valence-electron chi connectivity index (χ4n) is 3.75. The highest BCUT2D eigenvalue weighted by atomic mass is 16.3. The lowest BCUT2D eigenvalue weighted by Gasteiger charge is -2.26. The van der Waals surface area contributed by atoms with E-state index in [0.29, 0.717) is 11.4 Å². The minimum absolute atomic E-state index is 0.0864. The number of amides is 2. The van der Waals surface area contributed by atoms with Crippen LogP contribution in [0.4, 0.5) is 11.4 Å². The lowest BCUT2D eigenvalue weighted by molar-refractivity contribution is -0.121. The Kier molecular flexibility index (Phi) is 5.90. The summed E-state index contributed by atoms with van der Waals surface area (Å²) in [6, 6.07) is 12.1. The summed E-state index contributed by atoms with van der Waals surface area (Å²) in [6.45, 7) is 3.67. The Morgan fingerprint density at radius 3 is 2.60 bits per heavy atom. The van der Waals surface area contributed by atoms with Gasteiger partial charge in [-0.25, -0.2) is 0 Å². The van der Waals surface area contributed by atoms with E-state index in [0.717, 1.165) is 37.1 Å². The average Bonchev–Trinajstić information content (AvgIpc) is 3.45. The van der Waals surface area contributed by atoms with Crippen LogP contribution >= 0.6 is 0 Å². The summed E-state index contributed by atoms with van der Waals surface area (Å²) >= 11 is 0. The second-order valence-electron chi connectivity index (χ2n) is 7.38. The van der Waals surface area contributed by atoms with E-state index in [2.05, 4.69) is 20.5 Å². The number of hydrogen-bond donors (Lipinski definition) is 2. The molecule has 2 aromatic heterocycles. The lowest BCUT2D eigenvalue weighted by Crippen LogP contribution is -2.35. The van der Waals surface area contributed by atoms with E-state index >= 15 is 0 Å². The number of anilines is 2. The molecule has 1 aliphatic heterocycles. The van der Waals surface area contributed by atoms with Gasteiger partial charge in [0.25, 0.3) is 5.91 Å². The van der Waals surface area contributed by atoms with Crippen LogP contribution in [0.1, 0.15) is 40.6 Å². The third-order valence-electron chi connectivity index (χ3n) is 5.24. The zero-order valence-electron chi connectivity index (χ0n) is 16.8. The van der Waals surface area contributed by atoms with E-state index in [-0.39, 0.29) is 23.6 Å². The van der Waals surface area contributed by atoms with Gasteiger partial charge < -0.3 is 15.1 Å². The summed E-state index contributed by atoms with van der Waals surface area (Å²) in [5.41, 5.74) is 3.07. The fourth-order valence-corrected chi connectivity index (χ4v) is 3.75. The number of pyridine rings is 1. The number of rotatable bonds is 6. The monoisotopic (exact) mass is 404 g/mol. The number of nitrogens with one attached hydrogen (secondary N) is 2. The molecule has 2 amide bonds. The van der Waals surface area contributed by atoms with Gasteiger partial charge in [-0.3, -0.25) is 19.5 Å². The summed E-state index contributed by atoms with van der Waals surface area (Å²) in [6.07, 6.45) is 7.10. The number of aryl methyl sites for hydroxylation is 1. The summed E-state index contributed by atoms with van der Waals surface area (Å²) in [5, 5.41) is 5.85. The molecule has 0 spiro atoms. The van der Waals surface area contributed by atoms with Gasteiger partial charge in [0.15, 0.2) is 5.76 Å². The van der Waals surface area contributed by atoms with E-state index in [1.807, 2.05) is 25.1 Å². The standard InChI is InChI=1S/C23H24N4O3/c1-16-14-18(8-9-19(16)26-22(28)20-7-5-13-30-20)25-23(29)21(27-11-2-3-12-27)17-6-4-10-24-15-17/h4-10,13-15,21H,2-3,11-12H2,1H3,(H,25,29)(H,26,28). The van der Waals surface area contributed by atoms with Crippen LogP contribution in [0, 0.1) is 6.92 Å². The molecule has 1 unspecified atom stereocenters. The predicted octanol–water partition coefficient (Wildman–Crippen LogP) is 4.01. The van der Waals surface area contributed by atoms with Crippen LogP contribution in [0.25, 0.3) is 0 Å². The number of carbonyl (C=O) groups is 2. The molecule has 1 aromatic carbocycles. The van der Waals surface area contributed by atoms with Gasteiger partial charge in [-0.1, -0.05) is 6.07 Å². The Balaban J connectivity index is 1.49. The zero-order valence-corrected chi connectivity index (χ0v) is 16.8. The maximum absolute atomic E-state index is 13.2. The van der Waals surface area contributed by atoms with Crippen molar-refractivity contribution >= 4 is 23.2 Å². The molecule has 1 aliphatic rings. The van der Waals surface area contributed by atoms with Crippen molar-refractivity contribution in [3.63, 3.8) is 0 Å². The van der Waals surface area contributed by atoms with Crippen LogP contribution in [0.3, 0.4) is 0 Å². The Hall–Kier alpha value is -3.45. The molecule has 3 aromatic rings. The number of nitrogens with zero attached hydrogens (tertiary/aromatic N) is 2. The molecule has 0 radical (unpaired) electrons. The molecule has 0 saturated carbocycles. The van der Waals surface area contributed by atoms with Crippen LogP contribution in [0.15, 0.2) is 65.5 Å². The molecular formula is C23H24N4O3. The highest BCUT2D eigenvalue weighted by molar-refractivity contribution is 6.03. The van der Waals surface area contributed by atoms with Crippen molar-refractivity contribution < 1.29 is 14.0 Å². The first-order valence-electron chi connectivity index (χ1n) is 10.0. The van der Waals surface area contributed by atoms with E-state index in [1.54, 1.807) is 36.7 Å². The molecule has 0 bridgehead atoms. The number of carbonyl (C=O) groups excluding carboxylic acids is 2. The zero-order chi connectivity index (χ0) is 20.9. The minimum Gasteiger partial charge on any atom is -0.459 e. The van der Waals surface area contributed by atoms with E-state index in [9.17, 15) is 9.59 Å². The molecule has 7 heteroatoms. The van der Waals surface area contributed by atoms with Gasteiger partial charge in [-0.2, -0.15) is 0 Å². The van der Waals surface area contributed by atoms with E-state index < -0.39 is 0 Å². The molecule has 4 rings (SSSR count). The summed E-state index contributed by atoms with van der Waals surface area (Å²) < 4.78 is 5.12. The fraction of sp³-hybridized carbons (Fsp3) is 0.261. The molecule has 1 fully saturated rings. The first kappa shape index (κ1) is 19.8. The minimum atomic E-state index is -0.375. The highest BCUT2D eigenvalue weighted by Gasteiger charge is 2.30. The molecule has 1 atom stereocenters. The number of aromatic nitrogens is 1. The maximum atomic E-state index is 13.2. The largest absolute Gasteiger partial charge is 0.459 e. The van der Waals surface area contributed by atoms with E-state index in [1.165, 1.54) is 6.26 Å². The summed E-state index contributed by atoms with van der Waals surface area (Å²) in [7, 11) is 0. The number of benzene rings is 1. The Bertz CT molecular complexity index is 1010. The Labute approximate surface area is 175 Å². The lowest BCUT2D eigenvalue weighted by atomic mass is 10.1. The average molecular weight is 404 g/mol. The van der Waals surface area contributed by atoms with Gasteiger partial charge in [0.2, 0.25) is 5.91 Å². The van der Waals surface area contributed by atoms with Crippen molar-refractivity contribution in [3.05, 3.63) is 78.0 Å². The SMILES string of the molecule is Cc1cc(NC(=O)C(c2cccnc2)N2CCCC2)ccc1NC(=O)c1ccco1. The van der Waals surface area contributed by atoms with Crippen LogP contribution in [0.2, 0.25) is 0 Å². The summed E-state index contributed by atoms with van der Waals surface area (Å²) in [5.74, 6) is -0.154. The van der Waals surface area contributed by atoms with Crippen molar-refractivity contribution in [2.24, 2.45) is 0 Å². The third kappa shape index (κ3) is 4.41. The highest BCUT2D eigenvalue weighted by Crippen LogP contribution is 2.27. The molecule has 3 heterocycles. The smallest absolute Gasteiger partial charge is 0.291 e.